The minimum atomic E-state index is 0.306. The van der Waals surface area contributed by atoms with E-state index in [-0.39, 0.29) is 0 Å². The van der Waals surface area contributed by atoms with E-state index in [0.29, 0.717) is 24.5 Å². The minimum absolute atomic E-state index is 0.306. The molecule has 19 heavy (non-hydrogen) atoms. The van der Waals surface area contributed by atoms with Crippen LogP contribution < -0.4 is 0 Å². The first kappa shape index (κ1) is 14.8. The van der Waals surface area contributed by atoms with Crippen molar-refractivity contribution in [3.05, 3.63) is 0 Å². The third-order valence-corrected chi connectivity index (χ3v) is 4.52. The van der Waals surface area contributed by atoms with Gasteiger partial charge < -0.3 is 9.80 Å². The van der Waals surface area contributed by atoms with Gasteiger partial charge in [0.05, 0.1) is 6.54 Å². The highest BCUT2D eigenvalue weighted by molar-refractivity contribution is 5.79. The van der Waals surface area contributed by atoms with Crippen LogP contribution in [0.25, 0.3) is 0 Å². The monoisotopic (exact) mass is 267 g/mol. The molecule has 0 aromatic rings. The molecule has 1 amide bonds. The molecule has 2 heterocycles. The molecule has 1 atom stereocenters. The molecule has 0 bridgehead atoms. The van der Waals surface area contributed by atoms with Gasteiger partial charge in [0.1, 0.15) is 0 Å². The molecule has 2 saturated heterocycles. The van der Waals surface area contributed by atoms with Crippen LogP contribution in [0, 0.1) is 5.92 Å². The quantitative estimate of drug-likeness (QED) is 0.767. The fourth-order valence-corrected chi connectivity index (χ4v) is 3.28. The molecular formula is C15H29N3O. The SMILES string of the molecule is CC(C)N1CC[C@H](CN2CCN(C(C)C)C(=O)C2)C1. The predicted molar refractivity (Wildman–Crippen MR) is 78.1 cm³/mol. The highest BCUT2D eigenvalue weighted by Gasteiger charge is 2.30. The summed E-state index contributed by atoms with van der Waals surface area (Å²) in [6.07, 6.45) is 1.29. The second-order valence-electron chi connectivity index (χ2n) is 6.66. The smallest absolute Gasteiger partial charge is 0.237 e. The number of hydrogen-bond acceptors (Lipinski definition) is 3. The van der Waals surface area contributed by atoms with Gasteiger partial charge in [0, 0.05) is 38.3 Å². The van der Waals surface area contributed by atoms with Crippen molar-refractivity contribution in [1.82, 2.24) is 14.7 Å². The van der Waals surface area contributed by atoms with Gasteiger partial charge in [-0.05, 0) is 46.6 Å². The van der Waals surface area contributed by atoms with Crippen molar-refractivity contribution in [1.29, 1.82) is 0 Å². The summed E-state index contributed by atoms with van der Waals surface area (Å²) < 4.78 is 0. The molecule has 0 N–H and O–H groups in total. The number of rotatable bonds is 4. The molecule has 0 aromatic heterocycles. The topological polar surface area (TPSA) is 26.8 Å². The summed E-state index contributed by atoms with van der Waals surface area (Å²) >= 11 is 0. The Balaban J connectivity index is 1.78. The Labute approximate surface area is 117 Å². The van der Waals surface area contributed by atoms with Crippen LogP contribution in [0.4, 0.5) is 0 Å². The first-order valence-corrected chi connectivity index (χ1v) is 7.73. The molecule has 0 radical (unpaired) electrons. The zero-order chi connectivity index (χ0) is 14.0. The maximum atomic E-state index is 12.1. The number of likely N-dealkylation sites (tertiary alicyclic amines) is 1. The van der Waals surface area contributed by atoms with Crippen LogP contribution >= 0.6 is 0 Å². The molecule has 0 aliphatic carbocycles. The molecule has 2 aliphatic heterocycles. The van der Waals surface area contributed by atoms with Gasteiger partial charge in [0.15, 0.2) is 0 Å². The predicted octanol–water partition coefficient (Wildman–Crippen LogP) is 1.27. The maximum Gasteiger partial charge on any atom is 0.237 e. The fraction of sp³-hybridized carbons (Fsp3) is 0.933. The van der Waals surface area contributed by atoms with Crippen LogP contribution in [0.5, 0.6) is 0 Å². The van der Waals surface area contributed by atoms with E-state index in [2.05, 4.69) is 37.5 Å². The van der Waals surface area contributed by atoms with E-state index in [1.165, 1.54) is 19.5 Å². The van der Waals surface area contributed by atoms with Crippen LogP contribution in [0.2, 0.25) is 0 Å². The summed E-state index contributed by atoms with van der Waals surface area (Å²) in [5, 5.41) is 0. The Morgan fingerprint density at radius 2 is 1.84 bits per heavy atom. The van der Waals surface area contributed by atoms with Crippen molar-refractivity contribution < 1.29 is 4.79 Å². The van der Waals surface area contributed by atoms with Crippen LogP contribution in [-0.2, 0) is 4.79 Å². The van der Waals surface area contributed by atoms with Crippen molar-refractivity contribution in [2.24, 2.45) is 5.92 Å². The number of amides is 1. The van der Waals surface area contributed by atoms with E-state index < -0.39 is 0 Å². The summed E-state index contributed by atoms with van der Waals surface area (Å²) in [4.78, 5) is 19.0. The number of nitrogens with zero attached hydrogens (tertiary/aromatic N) is 3. The highest BCUT2D eigenvalue weighted by Crippen LogP contribution is 2.20. The second-order valence-corrected chi connectivity index (χ2v) is 6.66. The first-order chi connectivity index (χ1) is 8.97. The van der Waals surface area contributed by atoms with Gasteiger partial charge in [-0.2, -0.15) is 0 Å². The Morgan fingerprint density at radius 1 is 1.11 bits per heavy atom. The molecule has 2 aliphatic rings. The van der Waals surface area contributed by atoms with E-state index in [9.17, 15) is 4.79 Å². The average Bonchev–Trinajstić information content (AvgIpc) is 2.77. The van der Waals surface area contributed by atoms with Gasteiger partial charge in [-0.3, -0.25) is 9.69 Å². The largest absolute Gasteiger partial charge is 0.338 e. The molecule has 0 saturated carbocycles. The molecule has 2 fully saturated rings. The molecule has 110 valence electrons. The van der Waals surface area contributed by atoms with Crippen LogP contribution in [0.3, 0.4) is 0 Å². The van der Waals surface area contributed by atoms with E-state index >= 15 is 0 Å². The van der Waals surface area contributed by atoms with Crippen molar-refractivity contribution >= 4 is 5.91 Å². The first-order valence-electron chi connectivity index (χ1n) is 7.73. The molecular weight excluding hydrogens is 238 g/mol. The number of piperazine rings is 1. The van der Waals surface area contributed by atoms with E-state index in [0.717, 1.165) is 25.6 Å². The summed E-state index contributed by atoms with van der Waals surface area (Å²) in [7, 11) is 0. The Hall–Kier alpha value is -0.610. The lowest BCUT2D eigenvalue weighted by Crippen LogP contribution is -2.53. The summed E-state index contributed by atoms with van der Waals surface area (Å²) in [6.45, 7) is 14.8. The fourth-order valence-electron chi connectivity index (χ4n) is 3.28. The van der Waals surface area contributed by atoms with Crippen molar-refractivity contribution in [3.8, 4) is 0 Å². The number of carbonyl (C=O) groups excluding carboxylic acids is 1. The lowest BCUT2D eigenvalue weighted by atomic mass is 10.1. The zero-order valence-electron chi connectivity index (χ0n) is 12.9. The lowest BCUT2D eigenvalue weighted by molar-refractivity contribution is -0.138. The third-order valence-electron chi connectivity index (χ3n) is 4.52. The van der Waals surface area contributed by atoms with Crippen LogP contribution in [0.15, 0.2) is 0 Å². The van der Waals surface area contributed by atoms with E-state index in [4.69, 9.17) is 0 Å². The second kappa shape index (κ2) is 6.23. The molecule has 4 nitrogen and oxygen atoms in total. The zero-order valence-corrected chi connectivity index (χ0v) is 12.9. The van der Waals surface area contributed by atoms with Crippen molar-refractivity contribution in [2.45, 2.75) is 46.2 Å². The van der Waals surface area contributed by atoms with Gasteiger partial charge in [-0.15, -0.1) is 0 Å². The molecule has 0 spiro atoms. The Kier molecular flexibility index (Phi) is 4.85. The van der Waals surface area contributed by atoms with E-state index in [1.54, 1.807) is 0 Å². The molecule has 4 heteroatoms. The van der Waals surface area contributed by atoms with Gasteiger partial charge in [0.2, 0.25) is 5.91 Å². The minimum Gasteiger partial charge on any atom is -0.338 e. The van der Waals surface area contributed by atoms with Crippen LogP contribution in [0.1, 0.15) is 34.1 Å². The van der Waals surface area contributed by atoms with Gasteiger partial charge >= 0.3 is 0 Å². The number of hydrogen-bond donors (Lipinski definition) is 0. The van der Waals surface area contributed by atoms with Gasteiger partial charge in [0.25, 0.3) is 0 Å². The Bertz CT molecular complexity index is 317. The summed E-state index contributed by atoms with van der Waals surface area (Å²) in [5.74, 6) is 1.06. The standard InChI is InChI=1S/C15H29N3O/c1-12(2)17-6-5-14(10-17)9-16-7-8-18(13(3)4)15(19)11-16/h12-14H,5-11H2,1-4H3/t14-/m1/s1. The summed E-state index contributed by atoms with van der Waals surface area (Å²) in [6, 6.07) is 1.00. The van der Waals surface area contributed by atoms with Crippen molar-refractivity contribution in [3.63, 3.8) is 0 Å². The highest BCUT2D eigenvalue weighted by atomic mass is 16.2. The Morgan fingerprint density at radius 3 is 2.37 bits per heavy atom. The average molecular weight is 267 g/mol. The van der Waals surface area contributed by atoms with Gasteiger partial charge in [-0.1, -0.05) is 0 Å². The van der Waals surface area contributed by atoms with Crippen LogP contribution in [-0.4, -0.2) is 72.0 Å². The molecule has 2 rings (SSSR count). The molecule has 0 unspecified atom stereocenters. The lowest BCUT2D eigenvalue weighted by Gasteiger charge is -2.37. The third kappa shape index (κ3) is 3.69. The maximum absolute atomic E-state index is 12.1. The molecule has 0 aromatic carbocycles. The summed E-state index contributed by atoms with van der Waals surface area (Å²) in [5.41, 5.74) is 0. The normalized spacial score (nSPS) is 26.9. The van der Waals surface area contributed by atoms with Crippen molar-refractivity contribution in [2.75, 3.05) is 39.3 Å². The van der Waals surface area contributed by atoms with Gasteiger partial charge in [-0.25, -0.2) is 0 Å². The number of carbonyl (C=O) groups is 1. The van der Waals surface area contributed by atoms with E-state index in [1.807, 2.05) is 4.90 Å².